The number of carbonyl (C=O) groups is 3. The summed E-state index contributed by atoms with van der Waals surface area (Å²) >= 11 is 12.4. The minimum Gasteiger partial charge on any atom is -0.369 e. The van der Waals surface area contributed by atoms with Gasteiger partial charge in [0.15, 0.2) is 0 Å². The van der Waals surface area contributed by atoms with Gasteiger partial charge in [-0.15, -0.1) is 0 Å². The Morgan fingerprint density at radius 2 is 1.79 bits per heavy atom. The summed E-state index contributed by atoms with van der Waals surface area (Å²) in [4.78, 5) is 40.7. The lowest BCUT2D eigenvalue weighted by molar-refractivity contribution is -0.146. The lowest BCUT2D eigenvalue weighted by Gasteiger charge is -2.29. The van der Waals surface area contributed by atoms with Crippen molar-refractivity contribution in [3.05, 3.63) is 52.5 Å². The molecule has 38 heavy (non-hydrogen) atoms. The number of para-hydroxylation sites is 1. The molecular weight excluding hydrogens is 544 g/mol. The van der Waals surface area contributed by atoms with Gasteiger partial charge >= 0.3 is 6.18 Å². The molecule has 2 aliphatic rings. The van der Waals surface area contributed by atoms with E-state index in [9.17, 15) is 27.6 Å². The number of hydrogen-bond acceptors (Lipinski definition) is 4. The molecule has 0 radical (unpaired) electrons. The minimum absolute atomic E-state index is 0.0532. The van der Waals surface area contributed by atoms with Gasteiger partial charge in [0, 0.05) is 29.0 Å². The third-order valence-electron chi connectivity index (χ3n) is 6.88. The fourth-order valence-electron chi connectivity index (χ4n) is 4.72. The Labute approximate surface area is 227 Å². The van der Waals surface area contributed by atoms with Gasteiger partial charge in [-0.3, -0.25) is 14.4 Å². The summed E-state index contributed by atoms with van der Waals surface area (Å²) in [6.45, 7) is -0.0532. The van der Waals surface area contributed by atoms with Crippen LogP contribution in [0.2, 0.25) is 10.0 Å². The van der Waals surface area contributed by atoms with Crippen molar-refractivity contribution < 1.29 is 27.6 Å². The van der Waals surface area contributed by atoms with E-state index in [1.165, 1.54) is 0 Å². The van der Waals surface area contributed by atoms with Crippen molar-refractivity contribution in [1.29, 1.82) is 0 Å². The van der Waals surface area contributed by atoms with Gasteiger partial charge < -0.3 is 21.3 Å². The molecule has 1 aliphatic heterocycles. The number of nitrogens with two attached hydrogens (primary N) is 1. The van der Waals surface area contributed by atoms with Gasteiger partial charge in [0.1, 0.15) is 6.04 Å². The molecule has 1 saturated carbocycles. The average Bonchev–Trinajstić information content (AvgIpc) is 3.67. The van der Waals surface area contributed by atoms with Crippen LogP contribution in [0.15, 0.2) is 42.5 Å². The summed E-state index contributed by atoms with van der Waals surface area (Å²) in [6, 6.07) is 10.7. The standard InChI is InChI=1S/C26H27Cl2F3N4O3/c27-15-6-8-16(9-7-15)35-13-20(25(38)34-22-19(28)2-1-3-21(22)35)33-24(37)17(10-11-26(29,30)31)18(23(32)36)12-14-4-5-14/h1-3,6-9,14,17-18,20H,4-5,10-13H2,(H2,32,36)(H,33,37)(H,34,38). The van der Waals surface area contributed by atoms with Crippen LogP contribution >= 0.6 is 23.2 Å². The second-order valence-corrected chi connectivity index (χ2v) is 10.6. The Morgan fingerprint density at radius 1 is 1.11 bits per heavy atom. The number of alkyl halides is 3. The quantitative estimate of drug-likeness (QED) is 0.374. The van der Waals surface area contributed by atoms with E-state index in [1.54, 1.807) is 47.4 Å². The van der Waals surface area contributed by atoms with E-state index in [0.29, 0.717) is 22.1 Å². The molecule has 204 valence electrons. The third kappa shape index (κ3) is 6.91. The zero-order chi connectivity index (χ0) is 27.6. The van der Waals surface area contributed by atoms with Gasteiger partial charge in [-0.25, -0.2) is 0 Å². The third-order valence-corrected chi connectivity index (χ3v) is 7.44. The second-order valence-electron chi connectivity index (χ2n) is 9.72. The highest BCUT2D eigenvalue weighted by molar-refractivity contribution is 6.34. The Morgan fingerprint density at radius 3 is 2.39 bits per heavy atom. The van der Waals surface area contributed by atoms with Crippen molar-refractivity contribution in [1.82, 2.24) is 5.32 Å². The molecule has 1 fully saturated rings. The first-order valence-corrected chi connectivity index (χ1v) is 13.0. The van der Waals surface area contributed by atoms with Crippen LogP contribution in [-0.2, 0) is 14.4 Å². The van der Waals surface area contributed by atoms with Crippen LogP contribution in [0.1, 0.15) is 32.1 Å². The maximum absolute atomic E-state index is 13.4. The van der Waals surface area contributed by atoms with E-state index in [0.717, 1.165) is 12.8 Å². The lowest BCUT2D eigenvalue weighted by Crippen LogP contribution is -2.52. The number of nitrogens with one attached hydrogen (secondary N) is 2. The normalized spacial score (nSPS) is 19.1. The molecule has 0 saturated heterocycles. The number of halogens is 5. The smallest absolute Gasteiger partial charge is 0.369 e. The number of benzene rings is 2. The van der Waals surface area contributed by atoms with Crippen LogP contribution in [0.3, 0.4) is 0 Å². The fourth-order valence-corrected chi connectivity index (χ4v) is 5.06. The molecule has 0 bridgehead atoms. The van der Waals surface area contributed by atoms with Gasteiger partial charge in [-0.05, 0) is 55.2 Å². The molecule has 3 unspecified atom stereocenters. The van der Waals surface area contributed by atoms with Crippen LogP contribution < -0.4 is 21.3 Å². The van der Waals surface area contributed by atoms with Crippen molar-refractivity contribution >= 4 is 58.0 Å². The number of nitrogens with zero attached hydrogens (tertiary/aromatic N) is 1. The van der Waals surface area contributed by atoms with E-state index >= 15 is 0 Å². The van der Waals surface area contributed by atoms with Crippen molar-refractivity contribution in [2.24, 2.45) is 23.5 Å². The fraction of sp³-hybridized carbons (Fsp3) is 0.423. The number of rotatable bonds is 9. The summed E-state index contributed by atoms with van der Waals surface area (Å²) < 4.78 is 39.3. The first-order chi connectivity index (χ1) is 17.9. The van der Waals surface area contributed by atoms with E-state index in [-0.39, 0.29) is 23.9 Å². The van der Waals surface area contributed by atoms with E-state index in [4.69, 9.17) is 28.9 Å². The first kappa shape index (κ1) is 28.0. The monoisotopic (exact) mass is 570 g/mol. The maximum atomic E-state index is 13.4. The predicted molar refractivity (Wildman–Crippen MR) is 139 cm³/mol. The molecule has 1 aliphatic carbocycles. The number of carbonyl (C=O) groups excluding carboxylic acids is 3. The topological polar surface area (TPSA) is 105 Å². The molecule has 1 heterocycles. The molecule has 2 aromatic carbocycles. The molecule has 0 aromatic heterocycles. The van der Waals surface area contributed by atoms with E-state index < -0.39 is 54.6 Å². The van der Waals surface area contributed by atoms with Gasteiger partial charge in [0.25, 0.3) is 0 Å². The van der Waals surface area contributed by atoms with Gasteiger partial charge in [0.05, 0.1) is 22.9 Å². The van der Waals surface area contributed by atoms with Crippen molar-refractivity contribution in [2.75, 3.05) is 16.8 Å². The number of amides is 3. The van der Waals surface area contributed by atoms with Crippen LogP contribution in [0.25, 0.3) is 0 Å². The molecule has 0 spiro atoms. The van der Waals surface area contributed by atoms with E-state index in [1.807, 2.05) is 0 Å². The van der Waals surface area contributed by atoms with E-state index in [2.05, 4.69) is 10.6 Å². The van der Waals surface area contributed by atoms with Gasteiger partial charge in [0.2, 0.25) is 17.7 Å². The summed E-state index contributed by atoms with van der Waals surface area (Å²) in [7, 11) is 0. The van der Waals surface area contributed by atoms with Crippen molar-refractivity contribution in [3.63, 3.8) is 0 Å². The maximum Gasteiger partial charge on any atom is 0.389 e. The molecule has 12 heteroatoms. The molecule has 3 atom stereocenters. The molecular formula is C26H27Cl2F3N4O3. The summed E-state index contributed by atoms with van der Waals surface area (Å²) in [5.74, 6) is -4.51. The highest BCUT2D eigenvalue weighted by Gasteiger charge is 2.41. The summed E-state index contributed by atoms with van der Waals surface area (Å²) in [5, 5.41) is 6.09. The predicted octanol–water partition coefficient (Wildman–Crippen LogP) is 5.43. The Kier molecular flexibility index (Phi) is 8.42. The molecule has 2 aromatic rings. The van der Waals surface area contributed by atoms with Crippen LogP contribution in [0, 0.1) is 17.8 Å². The number of primary amides is 1. The van der Waals surface area contributed by atoms with Crippen LogP contribution in [0.4, 0.5) is 30.2 Å². The zero-order valence-electron chi connectivity index (χ0n) is 20.2. The Hall–Kier alpha value is -2.98. The number of hydrogen-bond donors (Lipinski definition) is 3. The highest BCUT2D eigenvalue weighted by Crippen LogP contribution is 2.41. The molecule has 7 nitrogen and oxygen atoms in total. The SMILES string of the molecule is NC(=O)C(CC1CC1)C(CCC(F)(F)F)C(=O)NC1CN(c2ccc(Cl)cc2)c2cccc(Cl)c2NC1=O. The molecule has 4 N–H and O–H groups in total. The van der Waals surface area contributed by atoms with Crippen LogP contribution in [-0.4, -0.2) is 36.5 Å². The van der Waals surface area contributed by atoms with Crippen molar-refractivity contribution in [2.45, 2.75) is 44.3 Å². The number of anilines is 3. The lowest BCUT2D eigenvalue weighted by atomic mass is 9.83. The largest absolute Gasteiger partial charge is 0.389 e. The molecule has 3 amide bonds. The summed E-state index contributed by atoms with van der Waals surface area (Å²) in [6.07, 6.45) is -4.50. The number of fused-ring (bicyclic) bond motifs is 1. The zero-order valence-corrected chi connectivity index (χ0v) is 21.7. The van der Waals surface area contributed by atoms with Crippen LogP contribution in [0.5, 0.6) is 0 Å². The average molecular weight is 571 g/mol. The van der Waals surface area contributed by atoms with Gasteiger partial charge in [-0.2, -0.15) is 13.2 Å². The first-order valence-electron chi connectivity index (χ1n) is 12.2. The van der Waals surface area contributed by atoms with Gasteiger partial charge in [-0.1, -0.05) is 42.1 Å². The van der Waals surface area contributed by atoms with Crippen molar-refractivity contribution in [3.8, 4) is 0 Å². The Balaban J connectivity index is 1.63. The second kappa shape index (κ2) is 11.4. The Bertz CT molecular complexity index is 1210. The summed E-state index contributed by atoms with van der Waals surface area (Å²) in [5.41, 5.74) is 7.07. The highest BCUT2D eigenvalue weighted by atomic mass is 35.5. The minimum atomic E-state index is -4.52. The molecule has 4 rings (SSSR count).